The molecule has 0 fully saturated rings. The number of H-pyrrole nitrogens is 1. The Balaban J connectivity index is 2.09. The second kappa shape index (κ2) is 7.40. The van der Waals surface area contributed by atoms with Gasteiger partial charge in [-0.15, -0.1) is 0 Å². The summed E-state index contributed by atoms with van der Waals surface area (Å²) >= 11 is 0. The van der Waals surface area contributed by atoms with Crippen LogP contribution in [-0.4, -0.2) is 20.9 Å². The van der Waals surface area contributed by atoms with Crippen molar-refractivity contribution in [2.24, 2.45) is 10.7 Å². The zero-order valence-electron chi connectivity index (χ0n) is 15.2. The van der Waals surface area contributed by atoms with Crippen molar-refractivity contribution in [2.45, 2.75) is 5.54 Å². The van der Waals surface area contributed by atoms with E-state index in [1.807, 2.05) is 72.8 Å². The largest absolute Gasteiger partial charge is 0.508 e. The predicted octanol–water partition coefficient (Wildman–Crippen LogP) is 3.81. The van der Waals surface area contributed by atoms with Crippen molar-refractivity contribution >= 4 is 5.84 Å². The average Bonchev–Trinajstić information content (AvgIpc) is 3.29. The number of aliphatic imine (C=N–C) groups is 1. The molecule has 0 aliphatic heterocycles. The Kier molecular flexibility index (Phi) is 4.64. The van der Waals surface area contributed by atoms with Crippen LogP contribution < -0.4 is 5.73 Å². The standard InChI is InChI=1S/C23H20N4O/c24-22(20-15-25-16-26-20)27-23(17-9-3-1-4-10-17,18-11-5-2-6-12-18)19-13-7-8-14-21(19)28/h1-16,28H,(H2,24,27)(H,25,26). The lowest BCUT2D eigenvalue weighted by Crippen LogP contribution is -2.31. The number of rotatable bonds is 5. The molecule has 0 atom stereocenters. The number of imidazole rings is 1. The fraction of sp³-hybridized carbons (Fsp3) is 0.0435. The summed E-state index contributed by atoms with van der Waals surface area (Å²) in [6, 6.07) is 26.9. The van der Waals surface area contributed by atoms with Crippen LogP contribution in [0.3, 0.4) is 0 Å². The van der Waals surface area contributed by atoms with Crippen LogP contribution in [0.15, 0.2) is 102 Å². The number of phenols is 1. The van der Waals surface area contributed by atoms with E-state index >= 15 is 0 Å². The minimum Gasteiger partial charge on any atom is -0.508 e. The van der Waals surface area contributed by atoms with Crippen LogP contribution in [-0.2, 0) is 5.54 Å². The minimum absolute atomic E-state index is 0.147. The molecule has 1 heterocycles. The second-order valence-electron chi connectivity index (χ2n) is 6.41. The van der Waals surface area contributed by atoms with Gasteiger partial charge in [0.15, 0.2) is 0 Å². The third-order valence-electron chi connectivity index (χ3n) is 4.73. The van der Waals surface area contributed by atoms with Crippen molar-refractivity contribution in [2.75, 3.05) is 0 Å². The van der Waals surface area contributed by atoms with E-state index < -0.39 is 5.54 Å². The molecule has 138 valence electrons. The van der Waals surface area contributed by atoms with E-state index in [0.717, 1.165) is 11.1 Å². The highest BCUT2D eigenvalue weighted by Gasteiger charge is 2.38. The van der Waals surface area contributed by atoms with E-state index in [9.17, 15) is 5.11 Å². The Morgan fingerprint density at radius 3 is 1.96 bits per heavy atom. The Morgan fingerprint density at radius 2 is 1.43 bits per heavy atom. The van der Waals surface area contributed by atoms with Crippen LogP contribution in [0.4, 0.5) is 0 Å². The molecule has 0 spiro atoms. The van der Waals surface area contributed by atoms with Gasteiger partial charge >= 0.3 is 0 Å². The van der Waals surface area contributed by atoms with Gasteiger partial charge < -0.3 is 15.8 Å². The quantitative estimate of drug-likeness (QED) is 0.284. The van der Waals surface area contributed by atoms with Gasteiger partial charge in [0.25, 0.3) is 0 Å². The summed E-state index contributed by atoms with van der Waals surface area (Å²) < 4.78 is 0. The van der Waals surface area contributed by atoms with Gasteiger partial charge in [0.05, 0.1) is 6.33 Å². The maximum absolute atomic E-state index is 10.8. The highest BCUT2D eigenvalue weighted by atomic mass is 16.3. The SMILES string of the molecule is N/C(=N\C(c1ccccc1)(c1ccccc1)c1ccccc1O)c1c[nH]cn1. The van der Waals surface area contributed by atoms with E-state index in [2.05, 4.69) is 9.97 Å². The number of para-hydroxylation sites is 1. The van der Waals surface area contributed by atoms with Crippen LogP contribution in [0, 0.1) is 0 Å². The molecule has 0 amide bonds. The first-order valence-electron chi connectivity index (χ1n) is 8.96. The molecule has 4 N–H and O–H groups in total. The zero-order valence-corrected chi connectivity index (χ0v) is 15.2. The Labute approximate surface area is 163 Å². The lowest BCUT2D eigenvalue weighted by molar-refractivity contribution is 0.455. The summed E-state index contributed by atoms with van der Waals surface area (Å²) in [6.45, 7) is 0. The number of nitrogens with one attached hydrogen (secondary N) is 1. The molecular formula is C23H20N4O. The fourth-order valence-corrected chi connectivity index (χ4v) is 3.44. The maximum Gasteiger partial charge on any atom is 0.147 e. The van der Waals surface area contributed by atoms with Gasteiger partial charge in [0.1, 0.15) is 22.8 Å². The number of hydrogen-bond acceptors (Lipinski definition) is 3. The Morgan fingerprint density at radius 1 is 0.857 bits per heavy atom. The van der Waals surface area contributed by atoms with E-state index in [1.54, 1.807) is 24.7 Å². The number of aromatic hydroxyl groups is 1. The van der Waals surface area contributed by atoms with E-state index in [-0.39, 0.29) is 11.6 Å². The fourth-order valence-electron chi connectivity index (χ4n) is 3.44. The molecule has 0 aliphatic rings. The van der Waals surface area contributed by atoms with Crippen molar-refractivity contribution in [1.82, 2.24) is 9.97 Å². The van der Waals surface area contributed by atoms with Crippen molar-refractivity contribution in [3.05, 3.63) is 120 Å². The number of hydrogen-bond donors (Lipinski definition) is 3. The summed E-state index contributed by atoms with van der Waals surface area (Å²) in [5.41, 5.74) is 8.31. The average molecular weight is 368 g/mol. The van der Waals surface area contributed by atoms with Crippen LogP contribution in [0.5, 0.6) is 5.75 Å². The normalized spacial score (nSPS) is 12.1. The maximum atomic E-state index is 10.8. The molecule has 1 aromatic heterocycles. The van der Waals surface area contributed by atoms with Gasteiger partial charge in [-0.3, -0.25) is 0 Å². The van der Waals surface area contributed by atoms with Crippen molar-refractivity contribution in [3.8, 4) is 5.75 Å². The highest BCUT2D eigenvalue weighted by molar-refractivity contribution is 5.96. The molecule has 0 saturated carbocycles. The molecule has 3 aromatic carbocycles. The van der Waals surface area contributed by atoms with Crippen LogP contribution in [0.2, 0.25) is 0 Å². The molecule has 0 bridgehead atoms. The Hall–Kier alpha value is -3.86. The number of benzene rings is 3. The van der Waals surface area contributed by atoms with Gasteiger partial charge in [-0.25, -0.2) is 9.98 Å². The number of nitrogens with two attached hydrogens (primary N) is 1. The smallest absolute Gasteiger partial charge is 0.147 e. The monoisotopic (exact) mass is 368 g/mol. The predicted molar refractivity (Wildman–Crippen MR) is 110 cm³/mol. The summed E-state index contributed by atoms with van der Waals surface area (Å²) in [5.74, 6) is 0.422. The lowest BCUT2D eigenvalue weighted by atomic mass is 9.77. The topological polar surface area (TPSA) is 87.3 Å². The Bertz CT molecular complexity index is 1030. The van der Waals surface area contributed by atoms with E-state index in [4.69, 9.17) is 10.7 Å². The van der Waals surface area contributed by atoms with Crippen molar-refractivity contribution in [1.29, 1.82) is 0 Å². The molecule has 4 rings (SSSR count). The van der Waals surface area contributed by atoms with E-state index in [0.29, 0.717) is 11.3 Å². The summed E-state index contributed by atoms with van der Waals surface area (Å²) in [4.78, 5) is 12.1. The highest BCUT2D eigenvalue weighted by Crippen LogP contribution is 2.44. The van der Waals surface area contributed by atoms with Crippen LogP contribution in [0.25, 0.3) is 0 Å². The third-order valence-corrected chi connectivity index (χ3v) is 4.73. The molecule has 0 saturated heterocycles. The molecule has 28 heavy (non-hydrogen) atoms. The lowest BCUT2D eigenvalue weighted by Gasteiger charge is -2.33. The summed E-state index contributed by atoms with van der Waals surface area (Å²) in [5, 5.41) is 10.8. The van der Waals surface area contributed by atoms with E-state index in [1.165, 1.54) is 0 Å². The number of phenolic OH excluding ortho intramolecular Hbond substituents is 1. The molecule has 4 aromatic rings. The molecule has 5 nitrogen and oxygen atoms in total. The van der Waals surface area contributed by atoms with Gasteiger partial charge in [-0.05, 0) is 17.2 Å². The first-order valence-corrected chi connectivity index (χ1v) is 8.96. The van der Waals surface area contributed by atoms with Crippen LogP contribution >= 0.6 is 0 Å². The van der Waals surface area contributed by atoms with Gasteiger partial charge in [-0.1, -0.05) is 78.9 Å². The number of amidine groups is 1. The zero-order chi connectivity index (χ0) is 19.4. The van der Waals surface area contributed by atoms with Crippen LogP contribution in [0.1, 0.15) is 22.4 Å². The summed E-state index contributed by atoms with van der Waals surface area (Å²) in [7, 11) is 0. The van der Waals surface area contributed by atoms with Crippen molar-refractivity contribution < 1.29 is 5.11 Å². The molecule has 0 radical (unpaired) electrons. The summed E-state index contributed by atoms with van der Waals surface area (Å²) in [6.07, 6.45) is 3.26. The first kappa shape index (κ1) is 17.5. The van der Waals surface area contributed by atoms with Gasteiger partial charge in [0, 0.05) is 11.8 Å². The minimum atomic E-state index is -1.03. The molecule has 0 aliphatic carbocycles. The third kappa shape index (κ3) is 3.03. The van der Waals surface area contributed by atoms with Gasteiger partial charge in [-0.2, -0.15) is 0 Å². The second-order valence-corrected chi connectivity index (χ2v) is 6.41. The van der Waals surface area contributed by atoms with Crippen molar-refractivity contribution in [3.63, 3.8) is 0 Å². The molecule has 5 heteroatoms. The number of aromatic nitrogens is 2. The first-order chi connectivity index (χ1) is 13.7. The molecule has 0 unspecified atom stereocenters. The molecular weight excluding hydrogens is 348 g/mol. The number of aromatic amines is 1. The van der Waals surface area contributed by atoms with Gasteiger partial charge in [0.2, 0.25) is 0 Å². The number of nitrogens with zero attached hydrogens (tertiary/aromatic N) is 2.